The van der Waals surface area contributed by atoms with E-state index < -0.39 is 6.29 Å². The third kappa shape index (κ3) is 5.02. The van der Waals surface area contributed by atoms with Gasteiger partial charge in [-0.15, -0.1) is 0 Å². The Kier molecular flexibility index (Phi) is 7.29. The van der Waals surface area contributed by atoms with Crippen LogP contribution in [0.25, 0.3) is 0 Å². The summed E-state index contributed by atoms with van der Waals surface area (Å²) in [4.78, 5) is 29.7. The Labute approximate surface area is 227 Å². The number of benzene rings is 3. The number of imide groups is 1. The average molecular weight is 529 g/mol. The fourth-order valence-electron chi connectivity index (χ4n) is 5.87. The molecule has 2 amide bonds. The molecule has 8 heteroatoms. The van der Waals surface area contributed by atoms with Gasteiger partial charge in [-0.2, -0.15) is 0 Å². The lowest BCUT2D eigenvalue weighted by atomic mass is 9.99. The third-order valence-electron chi connectivity index (χ3n) is 7.96. The largest absolute Gasteiger partial charge is 0.395 e. The van der Waals surface area contributed by atoms with Crippen molar-refractivity contribution in [3.63, 3.8) is 0 Å². The molecular formula is C31H32N2O6. The number of hydrogen-bond acceptors (Lipinski definition) is 7. The molecule has 3 aromatic carbocycles. The lowest BCUT2D eigenvalue weighted by molar-refractivity contribution is -0.253. The second-order valence-electron chi connectivity index (χ2n) is 10.4. The van der Waals surface area contributed by atoms with E-state index >= 15 is 0 Å². The molecule has 6 rings (SSSR count). The highest BCUT2D eigenvalue weighted by Gasteiger charge is 2.38. The maximum atomic E-state index is 13.1. The van der Waals surface area contributed by atoms with Crippen molar-refractivity contribution in [2.45, 2.75) is 50.4 Å². The Hall–Kier alpha value is -3.40. The lowest BCUT2D eigenvalue weighted by Gasteiger charge is -2.38. The third-order valence-corrected chi connectivity index (χ3v) is 7.96. The number of rotatable bonds is 7. The molecule has 3 heterocycles. The van der Waals surface area contributed by atoms with E-state index in [4.69, 9.17) is 9.47 Å². The van der Waals surface area contributed by atoms with E-state index in [1.54, 1.807) is 42.5 Å². The number of aliphatic hydroxyl groups is 2. The van der Waals surface area contributed by atoms with Crippen LogP contribution in [0.5, 0.6) is 0 Å². The highest BCUT2D eigenvalue weighted by molar-refractivity contribution is 6.34. The van der Waals surface area contributed by atoms with Gasteiger partial charge in [0.25, 0.3) is 11.8 Å². The van der Waals surface area contributed by atoms with Gasteiger partial charge in [-0.1, -0.05) is 48.5 Å². The number of carbonyl (C=O) groups is 2. The van der Waals surface area contributed by atoms with Crippen molar-refractivity contribution in [3.05, 3.63) is 101 Å². The van der Waals surface area contributed by atoms with Gasteiger partial charge in [0, 0.05) is 24.6 Å². The van der Waals surface area contributed by atoms with Crippen LogP contribution in [0.2, 0.25) is 0 Å². The minimum atomic E-state index is -0.711. The summed E-state index contributed by atoms with van der Waals surface area (Å²) in [6, 6.07) is 21.9. The molecule has 2 N–H and O–H groups in total. The summed E-state index contributed by atoms with van der Waals surface area (Å²) in [7, 11) is 0. The number of likely N-dealkylation sites (tertiary alicyclic amines) is 1. The van der Waals surface area contributed by atoms with Gasteiger partial charge in [-0.05, 0) is 54.8 Å². The number of hydrogen-bond donors (Lipinski definition) is 2. The van der Waals surface area contributed by atoms with Crippen molar-refractivity contribution in [1.29, 1.82) is 0 Å². The van der Waals surface area contributed by atoms with Crippen LogP contribution in [0.1, 0.15) is 69.1 Å². The van der Waals surface area contributed by atoms with Gasteiger partial charge in [0.1, 0.15) is 0 Å². The summed E-state index contributed by atoms with van der Waals surface area (Å²) < 4.78 is 13.0. The first-order chi connectivity index (χ1) is 19.1. The maximum Gasteiger partial charge on any atom is 0.266 e. The van der Waals surface area contributed by atoms with Crippen LogP contribution in [-0.4, -0.2) is 58.8 Å². The van der Waals surface area contributed by atoms with Crippen LogP contribution in [0.4, 0.5) is 5.69 Å². The van der Waals surface area contributed by atoms with Crippen molar-refractivity contribution >= 4 is 17.5 Å². The second-order valence-corrected chi connectivity index (χ2v) is 10.4. The van der Waals surface area contributed by atoms with Gasteiger partial charge in [0.05, 0.1) is 42.2 Å². The topological polar surface area (TPSA) is 99.5 Å². The average Bonchev–Trinajstić information content (AvgIpc) is 3.54. The smallest absolute Gasteiger partial charge is 0.266 e. The molecule has 0 radical (unpaired) electrons. The second kappa shape index (κ2) is 11.0. The van der Waals surface area contributed by atoms with Crippen LogP contribution in [0, 0.1) is 0 Å². The SMILES string of the molecule is O=C1c2ccccc2C(=O)N1c1cccc(C2OC(CN3CCCC3CO)CC(c3ccc(CO)cc3)O2)c1. The van der Waals surface area contributed by atoms with Gasteiger partial charge in [-0.3, -0.25) is 14.5 Å². The molecule has 0 bridgehead atoms. The molecule has 4 unspecified atom stereocenters. The number of aliphatic hydroxyl groups excluding tert-OH is 2. The molecule has 3 aromatic rings. The fourth-order valence-corrected chi connectivity index (χ4v) is 5.87. The number of carbonyl (C=O) groups excluding carboxylic acids is 2. The number of fused-ring (bicyclic) bond motifs is 1. The monoisotopic (exact) mass is 528 g/mol. The molecule has 0 aromatic heterocycles. The summed E-state index contributed by atoms with van der Waals surface area (Å²) in [5.41, 5.74) is 3.79. The first-order valence-corrected chi connectivity index (χ1v) is 13.5. The molecule has 3 aliphatic rings. The standard InChI is InChI=1S/C31H32N2O6/c34-18-20-10-12-21(13-11-20)28-16-25(17-32-14-4-7-24(32)19-35)38-31(39-28)22-5-3-6-23(15-22)33-29(36)26-8-1-2-9-27(26)30(33)37/h1-3,5-6,8-13,15,24-25,28,31,34-35H,4,7,14,16-19H2. The molecule has 39 heavy (non-hydrogen) atoms. The predicted molar refractivity (Wildman–Crippen MR) is 144 cm³/mol. The first-order valence-electron chi connectivity index (χ1n) is 13.5. The van der Waals surface area contributed by atoms with E-state index in [9.17, 15) is 19.8 Å². The molecule has 8 nitrogen and oxygen atoms in total. The molecule has 2 saturated heterocycles. The molecular weight excluding hydrogens is 496 g/mol. The first kappa shape index (κ1) is 25.9. The van der Waals surface area contributed by atoms with Crippen molar-refractivity contribution in [3.8, 4) is 0 Å². The summed E-state index contributed by atoms with van der Waals surface area (Å²) in [5, 5.41) is 19.3. The van der Waals surface area contributed by atoms with E-state index in [2.05, 4.69) is 4.90 Å². The van der Waals surface area contributed by atoms with Crippen LogP contribution in [0.3, 0.4) is 0 Å². The molecule has 2 fully saturated rings. The van der Waals surface area contributed by atoms with Gasteiger partial charge in [0.15, 0.2) is 6.29 Å². The van der Waals surface area contributed by atoms with Crippen molar-refractivity contribution in [1.82, 2.24) is 4.90 Å². The normalized spacial score (nSPS) is 25.3. The Balaban J connectivity index is 1.28. The number of anilines is 1. The fraction of sp³-hybridized carbons (Fsp3) is 0.355. The van der Waals surface area contributed by atoms with Gasteiger partial charge in [-0.25, -0.2) is 4.90 Å². The molecule has 0 aliphatic carbocycles. The molecule has 0 saturated carbocycles. The van der Waals surface area contributed by atoms with Gasteiger partial charge in [0.2, 0.25) is 0 Å². The maximum absolute atomic E-state index is 13.1. The van der Waals surface area contributed by atoms with E-state index in [0.717, 1.165) is 30.5 Å². The molecule has 3 aliphatic heterocycles. The van der Waals surface area contributed by atoms with Crippen LogP contribution in [0.15, 0.2) is 72.8 Å². The van der Waals surface area contributed by atoms with Crippen molar-refractivity contribution < 1.29 is 29.3 Å². The Morgan fingerprint density at radius 3 is 2.28 bits per heavy atom. The van der Waals surface area contributed by atoms with Crippen LogP contribution >= 0.6 is 0 Å². The highest BCUT2D eigenvalue weighted by atomic mass is 16.7. The Morgan fingerprint density at radius 2 is 1.59 bits per heavy atom. The summed E-state index contributed by atoms with van der Waals surface area (Å²) in [6.07, 6.45) is 1.54. The zero-order chi connectivity index (χ0) is 26.9. The summed E-state index contributed by atoms with van der Waals surface area (Å²) in [5.74, 6) is -0.691. The van der Waals surface area contributed by atoms with Gasteiger partial charge >= 0.3 is 0 Å². The zero-order valence-electron chi connectivity index (χ0n) is 21.6. The number of nitrogens with zero attached hydrogens (tertiary/aromatic N) is 2. The number of ether oxygens (including phenoxy) is 2. The minimum absolute atomic E-state index is 0.0255. The van der Waals surface area contributed by atoms with Crippen molar-refractivity contribution in [2.75, 3.05) is 24.6 Å². The van der Waals surface area contributed by atoms with E-state index in [0.29, 0.717) is 35.3 Å². The van der Waals surface area contributed by atoms with E-state index in [1.807, 2.05) is 30.3 Å². The minimum Gasteiger partial charge on any atom is -0.395 e. The van der Waals surface area contributed by atoms with E-state index in [1.165, 1.54) is 4.90 Å². The Bertz CT molecular complexity index is 1320. The van der Waals surface area contributed by atoms with Crippen LogP contribution in [-0.2, 0) is 16.1 Å². The van der Waals surface area contributed by atoms with Crippen molar-refractivity contribution in [2.24, 2.45) is 0 Å². The Morgan fingerprint density at radius 1 is 0.846 bits per heavy atom. The molecule has 4 atom stereocenters. The molecule has 0 spiro atoms. The zero-order valence-corrected chi connectivity index (χ0v) is 21.6. The quantitative estimate of drug-likeness (QED) is 0.448. The summed E-state index contributed by atoms with van der Waals surface area (Å²) in [6.45, 7) is 1.69. The lowest BCUT2D eigenvalue weighted by Crippen LogP contribution is -2.42. The molecule has 202 valence electrons. The predicted octanol–water partition coefficient (Wildman–Crippen LogP) is 3.98. The van der Waals surface area contributed by atoms with Crippen LogP contribution < -0.4 is 4.90 Å². The van der Waals surface area contributed by atoms with Gasteiger partial charge < -0.3 is 19.7 Å². The highest BCUT2D eigenvalue weighted by Crippen LogP contribution is 2.40. The number of amides is 2. The van der Waals surface area contributed by atoms with E-state index in [-0.39, 0.29) is 43.3 Å². The summed E-state index contributed by atoms with van der Waals surface area (Å²) >= 11 is 0.